The Morgan fingerprint density at radius 1 is 1.22 bits per heavy atom. The van der Waals surface area contributed by atoms with Crippen molar-refractivity contribution in [1.29, 1.82) is 0 Å². The van der Waals surface area contributed by atoms with Crippen molar-refractivity contribution in [3.05, 3.63) is 24.4 Å². The van der Waals surface area contributed by atoms with Crippen LogP contribution in [0.25, 0.3) is 23.0 Å². The van der Waals surface area contributed by atoms with Gasteiger partial charge in [0.1, 0.15) is 0 Å². The molecule has 0 aliphatic heterocycles. The summed E-state index contributed by atoms with van der Waals surface area (Å²) in [5.74, 6) is -0.246. The maximum absolute atomic E-state index is 9.68. The molecule has 0 unspecified atom stereocenters. The number of para-hydroxylation sites is 1. The summed E-state index contributed by atoms with van der Waals surface area (Å²) in [6.07, 6.45) is 1.44. The number of aromatic nitrogens is 5. The van der Waals surface area contributed by atoms with E-state index in [9.17, 15) is 10.2 Å². The van der Waals surface area contributed by atoms with Gasteiger partial charge in [0.2, 0.25) is 5.82 Å². The van der Waals surface area contributed by atoms with Gasteiger partial charge in [-0.05, 0) is 12.1 Å². The molecule has 0 atom stereocenters. The van der Waals surface area contributed by atoms with Gasteiger partial charge in [-0.3, -0.25) is 0 Å². The molecule has 0 spiro atoms. The Kier molecular flexibility index (Phi) is 2.19. The van der Waals surface area contributed by atoms with Gasteiger partial charge in [-0.15, -0.1) is 0 Å². The maximum Gasteiger partial charge on any atom is 0.262 e. The molecule has 0 aliphatic carbocycles. The van der Waals surface area contributed by atoms with E-state index < -0.39 is 0 Å². The quantitative estimate of drug-likeness (QED) is 0.574. The van der Waals surface area contributed by atoms with Gasteiger partial charge in [0.15, 0.2) is 17.2 Å². The van der Waals surface area contributed by atoms with E-state index in [1.165, 1.54) is 12.3 Å². The predicted octanol–water partition coefficient (Wildman–Crippen LogP) is 0.933. The minimum absolute atomic E-state index is 0.0846. The molecule has 3 rings (SSSR count). The van der Waals surface area contributed by atoms with Crippen LogP contribution in [0.4, 0.5) is 0 Å². The number of hydrogen-bond acceptors (Lipinski definition) is 7. The van der Waals surface area contributed by atoms with Gasteiger partial charge in [-0.2, -0.15) is 20.4 Å². The first-order valence-corrected chi connectivity index (χ1v) is 4.97. The van der Waals surface area contributed by atoms with E-state index in [0.29, 0.717) is 5.69 Å². The lowest BCUT2D eigenvalue weighted by atomic mass is 10.2. The molecule has 2 heterocycles. The van der Waals surface area contributed by atoms with Crippen molar-refractivity contribution in [2.75, 3.05) is 0 Å². The highest BCUT2D eigenvalue weighted by molar-refractivity contribution is 5.67. The van der Waals surface area contributed by atoms with Crippen LogP contribution in [0.15, 0.2) is 28.9 Å². The van der Waals surface area contributed by atoms with Crippen LogP contribution in [-0.2, 0) is 0 Å². The molecule has 0 radical (unpaired) electrons. The van der Waals surface area contributed by atoms with Gasteiger partial charge >= 0.3 is 0 Å². The maximum atomic E-state index is 9.68. The first-order chi connectivity index (χ1) is 8.75. The molecule has 1 aromatic carbocycles. The Hall–Kier alpha value is -2.90. The summed E-state index contributed by atoms with van der Waals surface area (Å²) in [4.78, 5) is 4.05. The highest BCUT2D eigenvalue weighted by Crippen LogP contribution is 2.35. The topological polar surface area (TPSA) is 121 Å². The fourth-order valence-electron chi connectivity index (χ4n) is 1.45. The molecule has 0 amide bonds. The first kappa shape index (κ1) is 10.3. The van der Waals surface area contributed by atoms with Crippen molar-refractivity contribution in [2.45, 2.75) is 0 Å². The van der Waals surface area contributed by atoms with E-state index in [1.54, 1.807) is 12.1 Å². The Morgan fingerprint density at radius 3 is 2.89 bits per heavy atom. The molecule has 0 bridgehead atoms. The van der Waals surface area contributed by atoms with Crippen LogP contribution in [0.3, 0.4) is 0 Å². The zero-order valence-corrected chi connectivity index (χ0v) is 8.90. The van der Waals surface area contributed by atoms with Crippen molar-refractivity contribution in [3.63, 3.8) is 0 Å². The highest BCUT2D eigenvalue weighted by atomic mass is 16.5. The summed E-state index contributed by atoms with van der Waals surface area (Å²) in [5.41, 5.74) is 0.668. The Labute approximate surface area is 99.9 Å². The normalized spacial score (nSPS) is 10.7. The smallest absolute Gasteiger partial charge is 0.262 e. The largest absolute Gasteiger partial charge is 0.504 e. The number of nitrogens with one attached hydrogen (secondary N) is 1. The lowest BCUT2D eigenvalue weighted by Gasteiger charge is -2.00. The lowest BCUT2D eigenvalue weighted by Crippen LogP contribution is -1.82. The van der Waals surface area contributed by atoms with Gasteiger partial charge < -0.3 is 14.7 Å². The SMILES string of the molecule is Oc1cccc(-c2nc(-c3cn[nH]n3)no2)c1O. The second-order valence-electron chi connectivity index (χ2n) is 3.45. The number of benzene rings is 1. The zero-order valence-electron chi connectivity index (χ0n) is 8.90. The summed E-state index contributed by atoms with van der Waals surface area (Å²) in [5, 5.41) is 32.6. The van der Waals surface area contributed by atoms with Gasteiger partial charge in [0, 0.05) is 0 Å². The van der Waals surface area contributed by atoms with Crippen molar-refractivity contribution in [1.82, 2.24) is 25.6 Å². The van der Waals surface area contributed by atoms with Gasteiger partial charge in [0.25, 0.3) is 5.89 Å². The number of H-pyrrole nitrogens is 1. The summed E-state index contributed by atoms with van der Waals surface area (Å²) in [6, 6.07) is 4.47. The van der Waals surface area contributed by atoms with E-state index in [2.05, 4.69) is 25.6 Å². The molecule has 8 heteroatoms. The molecule has 90 valence electrons. The number of hydrogen-bond donors (Lipinski definition) is 3. The second-order valence-corrected chi connectivity index (χ2v) is 3.45. The van der Waals surface area contributed by atoms with E-state index in [0.717, 1.165) is 0 Å². The third kappa shape index (κ3) is 1.56. The molecule has 0 saturated heterocycles. The molecule has 0 fully saturated rings. The Morgan fingerprint density at radius 2 is 2.11 bits per heavy atom. The van der Waals surface area contributed by atoms with E-state index in [-0.39, 0.29) is 28.8 Å². The second kappa shape index (κ2) is 3.84. The van der Waals surface area contributed by atoms with Crippen molar-refractivity contribution in [3.8, 4) is 34.5 Å². The number of aromatic hydroxyl groups is 2. The molecule has 2 aromatic heterocycles. The van der Waals surface area contributed by atoms with E-state index >= 15 is 0 Å². The number of phenolic OH excluding ortho intramolecular Hbond substituents is 2. The van der Waals surface area contributed by atoms with Crippen LogP contribution in [0.5, 0.6) is 11.5 Å². The van der Waals surface area contributed by atoms with Crippen LogP contribution < -0.4 is 0 Å². The van der Waals surface area contributed by atoms with Crippen LogP contribution >= 0.6 is 0 Å². The number of nitrogens with zero attached hydrogens (tertiary/aromatic N) is 4. The minimum Gasteiger partial charge on any atom is -0.504 e. The minimum atomic E-state index is -0.312. The molecule has 0 aliphatic rings. The number of phenols is 2. The Balaban J connectivity index is 2.06. The van der Waals surface area contributed by atoms with Crippen molar-refractivity contribution in [2.24, 2.45) is 0 Å². The molecule has 8 nitrogen and oxygen atoms in total. The average Bonchev–Trinajstić information content (AvgIpc) is 3.01. The zero-order chi connectivity index (χ0) is 12.5. The molecular formula is C10H7N5O3. The van der Waals surface area contributed by atoms with E-state index in [4.69, 9.17) is 4.52 Å². The van der Waals surface area contributed by atoms with Crippen LogP contribution in [0, 0.1) is 0 Å². The third-order valence-corrected chi connectivity index (χ3v) is 2.32. The van der Waals surface area contributed by atoms with Gasteiger partial charge in [0.05, 0.1) is 11.8 Å². The molecule has 3 N–H and O–H groups in total. The predicted molar refractivity (Wildman–Crippen MR) is 58.4 cm³/mol. The standard InChI is InChI=1S/C10H7N5O3/c16-7-3-1-2-5(8(7)17)10-12-9(14-18-10)6-4-11-15-13-6/h1-4,16-17H,(H,11,13,15). The lowest BCUT2D eigenvalue weighted by molar-refractivity contribution is 0.397. The van der Waals surface area contributed by atoms with Crippen LogP contribution in [0.1, 0.15) is 0 Å². The monoisotopic (exact) mass is 245 g/mol. The average molecular weight is 245 g/mol. The fraction of sp³-hybridized carbons (Fsp3) is 0. The first-order valence-electron chi connectivity index (χ1n) is 4.97. The molecule has 0 saturated carbocycles. The van der Waals surface area contributed by atoms with Crippen LogP contribution in [-0.4, -0.2) is 35.8 Å². The summed E-state index contributed by atoms with van der Waals surface area (Å²) in [6.45, 7) is 0. The van der Waals surface area contributed by atoms with Crippen molar-refractivity contribution < 1.29 is 14.7 Å². The highest BCUT2D eigenvalue weighted by Gasteiger charge is 2.16. The molecule has 3 aromatic rings. The Bertz CT molecular complexity index is 677. The molecule has 18 heavy (non-hydrogen) atoms. The van der Waals surface area contributed by atoms with Gasteiger partial charge in [-0.1, -0.05) is 11.2 Å². The number of aromatic amines is 1. The fourth-order valence-corrected chi connectivity index (χ4v) is 1.45. The summed E-state index contributed by atoms with van der Waals surface area (Å²) in [7, 11) is 0. The summed E-state index contributed by atoms with van der Waals surface area (Å²) >= 11 is 0. The van der Waals surface area contributed by atoms with Gasteiger partial charge in [-0.25, -0.2) is 0 Å². The molecular weight excluding hydrogens is 238 g/mol. The van der Waals surface area contributed by atoms with Crippen LogP contribution in [0.2, 0.25) is 0 Å². The summed E-state index contributed by atoms with van der Waals surface area (Å²) < 4.78 is 5.00. The number of rotatable bonds is 2. The third-order valence-electron chi connectivity index (χ3n) is 2.32. The van der Waals surface area contributed by atoms with E-state index in [1.807, 2.05) is 0 Å². The van der Waals surface area contributed by atoms with Crippen molar-refractivity contribution >= 4 is 0 Å².